The Kier molecular flexibility index (Phi) is 8.26. The van der Waals surface area contributed by atoms with E-state index >= 15 is 0 Å². The summed E-state index contributed by atoms with van der Waals surface area (Å²) in [5, 5.41) is 21.7. The van der Waals surface area contributed by atoms with Gasteiger partial charge in [-0.15, -0.1) is 0 Å². The van der Waals surface area contributed by atoms with E-state index < -0.39 is 60.6 Å². The van der Waals surface area contributed by atoms with E-state index in [1.807, 2.05) is 0 Å². The van der Waals surface area contributed by atoms with E-state index in [-0.39, 0.29) is 6.42 Å². The van der Waals surface area contributed by atoms with Crippen LogP contribution in [0.1, 0.15) is 26.2 Å². The van der Waals surface area contributed by atoms with Gasteiger partial charge in [-0.1, -0.05) is 0 Å². The van der Waals surface area contributed by atoms with Crippen molar-refractivity contribution >= 4 is 29.7 Å². The minimum absolute atomic E-state index is 0.275. The molecule has 0 fully saturated rings. The van der Waals surface area contributed by atoms with Crippen LogP contribution in [0.15, 0.2) is 0 Å². The van der Waals surface area contributed by atoms with Crippen LogP contribution in [0.2, 0.25) is 0 Å². The third-order valence-corrected chi connectivity index (χ3v) is 2.77. The molecule has 0 rings (SSSR count). The summed E-state index contributed by atoms with van der Waals surface area (Å²) in [6.07, 6.45) is -1.17. The maximum atomic E-state index is 11.9. The summed E-state index contributed by atoms with van der Waals surface area (Å²) in [6.45, 7) is 1.20. The molecule has 0 aromatic carbocycles. The number of hydrogen-bond acceptors (Lipinski definition) is 6. The lowest BCUT2D eigenvalue weighted by Gasteiger charge is -2.21. The van der Waals surface area contributed by atoms with Gasteiger partial charge in [0.15, 0.2) is 0 Å². The van der Waals surface area contributed by atoms with Crippen molar-refractivity contribution in [1.29, 1.82) is 0 Å². The van der Waals surface area contributed by atoms with E-state index in [4.69, 9.17) is 21.7 Å². The fourth-order valence-corrected chi connectivity index (χ4v) is 1.50. The molecule has 0 aromatic heterocycles. The number of aliphatic carboxylic acids is 2. The predicted molar refractivity (Wildman–Crippen MR) is 75.8 cm³/mol. The molecule has 0 radical (unpaired) electrons. The van der Waals surface area contributed by atoms with Crippen LogP contribution < -0.4 is 22.1 Å². The normalized spacial score (nSPS) is 14.2. The van der Waals surface area contributed by atoms with Gasteiger partial charge >= 0.3 is 11.9 Å². The molecule has 0 aliphatic heterocycles. The molecule has 0 aromatic rings. The van der Waals surface area contributed by atoms with Crippen LogP contribution in [0.25, 0.3) is 0 Å². The van der Waals surface area contributed by atoms with Crippen molar-refractivity contribution < 1.29 is 34.2 Å². The number of carbonyl (C=O) groups excluding carboxylic acids is 3. The van der Waals surface area contributed by atoms with E-state index in [1.54, 1.807) is 0 Å². The lowest BCUT2D eigenvalue weighted by Crippen LogP contribution is -2.54. The molecular weight excluding hydrogens is 312 g/mol. The van der Waals surface area contributed by atoms with Gasteiger partial charge < -0.3 is 32.3 Å². The van der Waals surface area contributed by atoms with Gasteiger partial charge in [0.05, 0.1) is 12.5 Å². The van der Waals surface area contributed by atoms with Crippen molar-refractivity contribution in [3.05, 3.63) is 0 Å². The summed E-state index contributed by atoms with van der Waals surface area (Å²) in [6, 6.07) is -3.84. The lowest BCUT2D eigenvalue weighted by molar-refractivity contribution is -0.142. The molecular formula is C12H20N4O7. The highest BCUT2D eigenvalue weighted by atomic mass is 16.4. The maximum Gasteiger partial charge on any atom is 0.325 e. The second-order valence-corrected chi connectivity index (χ2v) is 4.84. The van der Waals surface area contributed by atoms with Crippen molar-refractivity contribution in [3.63, 3.8) is 0 Å². The number of primary amides is 1. The van der Waals surface area contributed by atoms with E-state index in [0.29, 0.717) is 0 Å². The van der Waals surface area contributed by atoms with Gasteiger partial charge in [-0.25, -0.2) is 0 Å². The molecule has 0 aliphatic rings. The molecule has 0 spiro atoms. The summed E-state index contributed by atoms with van der Waals surface area (Å²) < 4.78 is 0. The predicted octanol–water partition coefficient (Wildman–Crippen LogP) is -2.87. The smallest absolute Gasteiger partial charge is 0.325 e. The minimum Gasteiger partial charge on any atom is -0.481 e. The first kappa shape index (κ1) is 20.3. The quantitative estimate of drug-likeness (QED) is 0.245. The zero-order valence-electron chi connectivity index (χ0n) is 12.4. The number of carboxylic acids is 2. The molecule has 0 heterocycles. The lowest BCUT2D eigenvalue weighted by atomic mass is 10.1. The highest BCUT2D eigenvalue weighted by Crippen LogP contribution is 2.01. The number of amides is 3. The van der Waals surface area contributed by atoms with Gasteiger partial charge in [0.2, 0.25) is 17.7 Å². The highest BCUT2D eigenvalue weighted by Gasteiger charge is 2.27. The molecule has 11 nitrogen and oxygen atoms in total. The minimum atomic E-state index is -1.31. The zero-order valence-corrected chi connectivity index (χ0v) is 12.4. The molecule has 3 atom stereocenters. The molecule has 0 bridgehead atoms. The van der Waals surface area contributed by atoms with Crippen LogP contribution in [-0.2, 0) is 24.0 Å². The molecule has 0 unspecified atom stereocenters. The summed E-state index contributed by atoms with van der Waals surface area (Å²) in [4.78, 5) is 55.7. The highest BCUT2D eigenvalue weighted by molar-refractivity contribution is 5.93. The van der Waals surface area contributed by atoms with Crippen LogP contribution in [0.3, 0.4) is 0 Å². The van der Waals surface area contributed by atoms with Crippen LogP contribution in [0.4, 0.5) is 0 Å². The summed E-state index contributed by atoms with van der Waals surface area (Å²) >= 11 is 0. The van der Waals surface area contributed by atoms with E-state index in [1.165, 1.54) is 6.92 Å². The Hall–Kier alpha value is -2.69. The van der Waals surface area contributed by atoms with E-state index in [9.17, 15) is 24.0 Å². The number of carbonyl (C=O) groups is 5. The van der Waals surface area contributed by atoms with Crippen LogP contribution >= 0.6 is 0 Å². The molecule has 0 saturated heterocycles. The van der Waals surface area contributed by atoms with Crippen molar-refractivity contribution in [3.8, 4) is 0 Å². The van der Waals surface area contributed by atoms with Gasteiger partial charge in [-0.2, -0.15) is 0 Å². The fourth-order valence-electron chi connectivity index (χ4n) is 1.50. The van der Waals surface area contributed by atoms with Crippen LogP contribution in [0, 0.1) is 0 Å². The number of hydrogen-bond donors (Lipinski definition) is 6. The summed E-state index contributed by atoms with van der Waals surface area (Å²) in [7, 11) is 0. The molecule has 0 saturated carbocycles. The Morgan fingerprint density at radius 2 is 1.61 bits per heavy atom. The van der Waals surface area contributed by atoms with Gasteiger partial charge in [0, 0.05) is 6.42 Å². The van der Waals surface area contributed by atoms with E-state index in [2.05, 4.69) is 10.6 Å². The Balaban J connectivity index is 4.88. The first-order chi connectivity index (χ1) is 10.5. The molecule has 130 valence electrons. The second-order valence-electron chi connectivity index (χ2n) is 4.84. The Morgan fingerprint density at radius 3 is 2.04 bits per heavy atom. The fraction of sp³-hybridized carbons (Fsp3) is 0.583. The average Bonchev–Trinajstić information content (AvgIpc) is 2.41. The van der Waals surface area contributed by atoms with Gasteiger partial charge in [0.25, 0.3) is 0 Å². The zero-order chi connectivity index (χ0) is 18.2. The number of nitrogens with one attached hydrogen (secondary N) is 2. The maximum absolute atomic E-state index is 11.9. The topological polar surface area (TPSA) is 202 Å². The van der Waals surface area contributed by atoms with Crippen molar-refractivity contribution in [1.82, 2.24) is 10.6 Å². The van der Waals surface area contributed by atoms with Gasteiger partial charge in [-0.05, 0) is 13.3 Å². The van der Waals surface area contributed by atoms with Crippen LogP contribution in [-0.4, -0.2) is 58.0 Å². The SMILES string of the molecule is C[C@H](NC(=O)[C@H](CCC(=O)O)NC(=O)[C@@H](N)CC(N)=O)C(=O)O. The Labute approximate surface area is 131 Å². The van der Waals surface area contributed by atoms with Crippen molar-refractivity contribution in [2.24, 2.45) is 11.5 Å². The molecule has 23 heavy (non-hydrogen) atoms. The van der Waals surface area contributed by atoms with Crippen LogP contribution in [0.5, 0.6) is 0 Å². The molecule has 8 N–H and O–H groups in total. The van der Waals surface area contributed by atoms with Crippen molar-refractivity contribution in [2.45, 2.75) is 44.3 Å². The number of carboxylic acid groups (broad SMARTS) is 2. The number of nitrogens with two attached hydrogens (primary N) is 2. The molecule has 11 heteroatoms. The first-order valence-electron chi connectivity index (χ1n) is 6.63. The van der Waals surface area contributed by atoms with Crippen molar-refractivity contribution in [2.75, 3.05) is 0 Å². The van der Waals surface area contributed by atoms with Gasteiger partial charge in [-0.3, -0.25) is 24.0 Å². The Morgan fingerprint density at radius 1 is 1.04 bits per heavy atom. The molecule has 0 aliphatic carbocycles. The van der Waals surface area contributed by atoms with E-state index in [0.717, 1.165) is 0 Å². The standard InChI is InChI=1S/C12H20N4O7/c1-5(12(22)23)15-11(21)7(2-3-9(18)19)16-10(20)6(13)4-8(14)17/h5-7H,2-4,13H2,1H3,(H2,14,17)(H,15,21)(H,16,20)(H,18,19)(H,22,23)/t5-,6-,7-/m0/s1. The summed E-state index contributed by atoms with van der Waals surface area (Å²) in [5.41, 5.74) is 10.3. The Bertz CT molecular complexity index is 494. The number of rotatable bonds is 10. The molecule has 3 amide bonds. The summed E-state index contributed by atoms with van der Waals surface area (Å²) in [5.74, 6) is -5.08. The third kappa shape index (κ3) is 8.36. The van der Waals surface area contributed by atoms with Gasteiger partial charge in [0.1, 0.15) is 12.1 Å². The third-order valence-electron chi connectivity index (χ3n) is 2.77. The largest absolute Gasteiger partial charge is 0.481 e. The monoisotopic (exact) mass is 332 g/mol. The second kappa shape index (κ2) is 9.35. The first-order valence-corrected chi connectivity index (χ1v) is 6.63. The average molecular weight is 332 g/mol.